The fraction of sp³-hybridized carbons (Fsp3) is 0.200. The van der Waals surface area contributed by atoms with Crippen LogP contribution in [-0.4, -0.2) is 12.5 Å². The molecule has 1 aliphatic rings. The molecule has 3 heteroatoms. The van der Waals surface area contributed by atoms with E-state index in [2.05, 4.69) is 13.0 Å². The van der Waals surface area contributed by atoms with Crippen molar-refractivity contribution in [3.05, 3.63) is 36.8 Å². The van der Waals surface area contributed by atoms with E-state index in [-0.39, 0.29) is 37.0 Å². The molecule has 0 spiro atoms. The molecule has 0 aromatic heterocycles. The zero-order valence-corrected chi connectivity index (χ0v) is 11.4. The molecule has 0 fully saturated rings. The van der Waals surface area contributed by atoms with Gasteiger partial charge in [-0.1, -0.05) is 12.1 Å². The average Bonchev–Trinajstić information content (AvgIpc) is 2.47. The summed E-state index contributed by atoms with van der Waals surface area (Å²) in [5, 5.41) is 0. The molecule has 2 nitrogen and oxygen atoms in total. The van der Waals surface area contributed by atoms with Gasteiger partial charge >= 0.3 is 31.1 Å². The van der Waals surface area contributed by atoms with Gasteiger partial charge in [0.05, 0.1) is 5.91 Å². The van der Waals surface area contributed by atoms with Gasteiger partial charge < -0.3 is 16.6 Å². The number of hydrogen-bond acceptors (Lipinski definition) is 1. The molecule has 2 rings (SSSR count). The number of amides is 1. The van der Waals surface area contributed by atoms with Gasteiger partial charge in [-0.15, -0.1) is 5.56 Å². The summed E-state index contributed by atoms with van der Waals surface area (Å²) in [4.78, 5) is 12.7. The summed E-state index contributed by atoms with van der Waals surface area (Å²) in [6.45, 7) is 4.13. The molecule has 1 aromatic rings. The van der Waals surface area contributed by atoms with Gasteiger partial charge in [0.1, 0.15) is 0 Å². The van der Waals surface area contributed by atoms with Crippen molar-refractivity contribution in [3.63, 3.8) is 0 Å². The number of nitrogens with zero attached hydrogens (tertiary/aromatic N) is 1. The van der Waals surface area contributed by atoms with E-state index in [9.17, 15) is 4.79 Å². The van der Waals surface area contributed by atoms with E-state index in [1.807, 2.05) is 18.2 Å². The molecule has 0 unspecified atom stereocenters. The van der Waals surface area contributed by atoms with Gasteiger partial charge in [0, 0.05) is 6.54 Å². The number of benzene rings is 1. The zero-order chi connectivity index (χ0) is 8.55. The molecule has 0 saturated carbocycles. The first-order valence-corrected chi connectivity index (χ1v) is 3.92. The third-order valence-corrected chi connectivity index (χ3v) is 2.09. The van der Waals surface area contributed by atoms with Crippen molar-refractivity contribution in [2.45, 2.75) is 6.42 Å². The molecule has 0 N–H and O–H groups in total. The maximum atomic E-state index is 11.0. The van der Waals surface area contributed by atoms with Gasteiger partial charge in [0.15, 0.2) is 0 Å². The van der Waals surface area contributed by atoms with E-state index in [4.69, 9.17) is 0 Å². The number of anilines is 1. The number of carbonyl (C=O) groups is 1. The van der Waals surface area contributed by atoms with Gasteiger partial charge in [-0.2, -0.15) is 24.3 Å². The fourth-order valence-corrected chi connectivity index (χ4v) is 1.51. The third-order valence-electron chi connectivity index (χ3n) is 2.09. The number of para-hydroxylation sites is 1. The molecular formula is C10H9NOU. The van der Waals surface area contributed by atoms with Crippen molar-refractivity contribution in [2.24, 2.45) is 0 Å². The molecule has 1 heterocycles. The Hall–Kier alpha value is -0.388. The van der Waals surface area contributed by atoms with Crippen molar-refractivity contribution >= 4 is 11.6 Å². The summed E-state index contributed by atoms with van der Waals surface area (Å²) in [6.07, 6.45) is 0.925. The third kappa shape index (κ3) is 1.92. The average molecular weight is 397 g/mol. The predicted molar refractivity (Wildman–Crippen MR) is 46.7 cm³/mol. The second kappa shape index (κ2) is 4.22. The van der Waals surface area contributed by atoms with Crippen LogP contribution in [0.2, 0.25) is 0 Å². The Morgan fingerprint density at radius 2 is 2.38 bits per heavy atom. The van der Waals surface area contributed by atoms with Gasteiger partial charge in [-0.25, -0.2) is 0 Å². The molecule has 64 valence electrons. The molecule has 0 radical (unpaired) electrons. The summed E-state index contributed by atoms with van der Waals surface area (Å²) in [5.41, 5.74) is 2.09. The molecule has 0 aliphatic carbocycles. The Balaban J connectivity index is 0.000000845. The second-order valence-electron chi connectivity index (χ2n) is 2.84. The molecule has 1 amide bonds. The van der Waals surface area contributed by atoms with Crippen LogP contribution in [0.5, 0.6) is 0 Å². The summed E-state index contributed by atoms with van der Waals surface area (Å²) in [5.74, 6) is -0.142. The van der Waals surface area contributed by atoms with Crippen LogP contribution in [0.3, 0.4) is 0 Å². The predicted octanol–water partition coefficient (Wildman–Crippen LogP) is 1.21. The van der Waals surface area contributed by atoms with Gasteiger partial charge in [0.25, 0.3) is 0 Å². The normalized spacial score (nSPS) is 13.4. The fourth-order valence-electron chi connectivity index (χ4n) is 1.51. The SMILES string of the molecule is [CH2-]C(=O)N1CCc2ccc[c-]c21.[U+2]. The van der Waals surface area contributed by atoms with Crippen LogP contribution in [0.4, 0.5) is 5.69 Å². The number of rotatable bonds is 0. The molecule has 0 bridgehead atoms. The van der Waals surface area contributed by atoms with E-state index in [0.717, 1.165) is 18.7 Å². The van der Waals surface area contributed by atoms with Crippen LogP contribution in [0.1, 0.15) is 5.56 Å². The first kappa shape index (κ1) is 10.7. The number of hydrogen-bond donors (Lipinski definition) is 0. The Labute approximate surface area is 102 Å². The van der Waals surface area contributed by atoms with Crippen LogP contribution in [0.15, 0.2) is 18.2 Å². The van der Waals surface area contributed by atoms with Crippen molar-refractivity contribution in [2.75, 3.05) is 11.4 Å². The zero-order valence-electron chi connectivity index (χ0n) is 7.21. The van der Waals surface area contributed by atoms with E-state index in [1.165, 1.54) is 5.56 Å². The van der Waals surface area contributed by atoms with Gasteiger partial charge in [0.2, 0.25) is 0 Å². The van der Waals surface area contributed by atoms with Gasteiger partial charge in [-0.05, 0) is 0 Å². The maximum Gasteiger partial charge on any atom is 2.00 e. The van der Waals surface area contributed by atoms with Crippen molar-refractivity contribution < 1.29 is 35.9 Å². The van der Waals surface area contributed by atoms with E-state index >= 15 is 0 Å². The molecule has 1 aliphatic heterocycles. The summed E-state index contributed by atoms with van der Waals surface area (Å²) in [6, 6.07) is 8.83. The van der Waals surface area contributed by atoms with Crippen molar-refractivity contribution in [1.82, 2.24) is 0 Å². The first-order valence-electron chi connectivity index (χ1n) is 3.92. The molecule has 1 aromatic carbocycles. The van der Waals surface area contributed by atoms with Crippen LogP contribution < -0.4 is 4.90 Å². The minimum Gasteiger partial charge on any atom is -0.362 e. The van der Waals surface area contributed by atoms with Crippen molar-refractivity contribution in [3.8, 4) is 0 Å². The topological polar surface area (TPSA) is 20.3 Å². The Bertz CT molecular complexity index is 324. The molecular weight excluding hydrogens is 388 g/mol. The van der Waals surface area contributed by atoms with Crippen molar-refractivity contribution in [1.29, 1.82) is 0 Å². The standard InChI is InChI=1S/C10H9NO.U/c1-8(12)11-7-6-9-4-2-3-5-10(9)11;/h2-4H,1,6-7H2;/q-2;+2. The Morgan fingerprint density at radius 1 is 1.62 bits per heavy atom. The summed E-state index contributed by atoms with van der Waals surface area (Å²) in [7, 11) is 0. The van der Waals surface area contributed by atoms with E-state index < -0.39 is 0 Å². The molecule has 13 heavy (non-hydrogen) atoms. The summed E-state index contributed by atoms with van der Waals surface area (Å²) >= 11 is 0. The minimum atomic E-state index is -0.142. The Morgan fingerprint density at radius 3 is 3.08 bits per heavy atom. The first-order chi connectivity index (χ1) is 5.79. The van der Waals surface area contributed by atoms with E-state index in [1.54, 1.807) is 4.90 Å². The maximum absolute atomic E-state index is 11.0. The second-order valence-corrected chi connectivity index (χ2v) is 2.84. The van der Waals surface area contributed by atoms with Crippen LogP contribution in [0, 0.1) is 44.1 Å². The number of fused-ring (bicyclic) bond motifs is 1. The molecule has 0 atom stereocenters. The van der Waals surface area contributed by atoms with Crippen LogP contribution >= 0.6 is 0 Å². The van der Waals surface area contributed by atoms with Gasteiger partial charge in [-0.3, -0.25) is 0 Å². The van der Waals surface area contributed by atoms with Crippen LogP contribution in [0.25, 0.3) is 0 Å². The monoisotopic (exact) mass is 397 g/mol. The largest absolute Gasteiger partial charge is 2.00 e. The summed E-state index contributed by atoms with van der Waals surface area (Å²) < 4.78 is 0. The number of carbonyl (C=O) groups excluding carboxylic acids is 1. The van der Waals surface area contributed by atoms with Crippen LogP contribution in [-0.2, 0) is 11.2 Å². The smallest absolute Gasteiger partial charge is 0.362 e. The van der Waals surface area contributed by atoms with E-state index in [0.29, 0.717) is 0 Å². The Kier molecular flexibility index (Phi) is 3.47. The minimum absolute atomic E-state index is 0. The molecule has 0 saturated heterocycles. The quantitative estimate of drug-likeness (QED) is 0.603.